The number of benzene rings is 1. The third-order valence-electron chi connectivity index (χ3n) is 4.08. The van der Waals surface area contributed by atoms with Gasteiger partial charge in [-0.3, -0.25) is 0 Å². The molecule has 154 valence electrons. The highest BCUT2D eigenvalue weighted by atomic mass is 35.5. The Morgan fingerprint density at radius 1 is 1.27 bits per heavy atom. The van der Waals surface area contributed by atoms with E-state index in [0.29, 0.717) is 38.9 Å². The maximum atomic E-state index is 12.2. The number of ether oxygens (including phenoxy) is 1. The van der Waals surface area contributed by atoms with Crippen LogP contribution in [0.2, 0.25) is 5.02 Å². The summed E-state index contributed by atoms with van der Waals surface area (Å²) < 4.78 is 16.3. The van der Waals surface area contributed by atoms with Crippen LogP contribution in [-0.2, 0) is 10.5 Å². The molecule has 0 spiro atoms. The van der Waals surface area contributed by atoms with Gasteiger partial charge in [-0.2, -0.15) is 4.98 Å². The van der Waals surface area contributed by atoms with Gasteiger partial charge in [-0.25, -0.2) is 9.78 Å². The lowest BCUT2D eigenvalue weighted by Crippen LogP contribution is -2.07. The van der Waals surface area contributed by atoms with Crippen LogP contribution >= 0.6 is 23.4 Å². The molecule has 2 N–H and O–H groups in total. The normalized spacial score (nSPS) is 11.2. The van der Waals surface area contributed by atoms with Crippen LogP contribution in [0.15, 0.2) is 38.3 Å². The number of anilines is 1. The quantitative estimate of drug-likeness (QED) is 0.338. The zero-order valence-corrected chi connectivity index (χ0v) is 17.6. The number of thioether (sulfide) groups is 1. The van der Waals surface area contributed by atoms with Gasteiger partial charge in [0.05, 0.1) is 17.7 Å². The van der Waals surface area contributed by atoms with Crippen molar-refractivity contribution in [2.45, 2.75) is 24.8 Å². The second kappa shape index (κ2) is 8.33. The van der Waals surface area contributed by atoms with E-state index in [1.54, 1.807) is 32.0 Å². The minimum Gasteiger partial charge on any atom is -0.462 e. The Hall–Kier alpha value is -3.11. The molecular weight excluding hydrogens is 430 g/mol. The van der Waals surface area contributed by atoms with Crippen LogP contribution in [0.1, 0.15) is 28.9 Å². The first-order valence-corrected chi connectivity index (χ1v) is 10.3. The fraction of sp³-hybridized carbons (Fsp3) is 0.211. The number of carbonyl (C=O) groups excluding carboxylic acids is 1. The van der Waals surface area contributed by atoms with E-state index in [-0.39, 0.29) is 23.7 Å². The molecule has 0 unspecified atom stereocenters. The molecule has 0 amide bonds. The van der Waals surface area contributed by atoms with Crippen molar-refractivity contribution in [2.75, 3.05) is 12.3 Å². The van der Waals surface area contributed by atoms with Crippen molar-refractivity contribution >= 4 is 46.2 Å². The van der Waals surface area contributed by atoms with Gasteiger partial charge in [0.25, 0.3) is 5.22 Å². The summed E-state index contributed by atoms with van der Waals surface area (Å²) in [6.45, 7) is 3.61. The number of hydrogen-bond donors (Lipinski definition) is 1. The average Bonchev–Trinajstić information content (AvgIpc) is 3.31. The number of nitrogens with zero attached hydrogens (tertiary/aromatic N) is 4. The molecule has 1 aromatic carbocycles. The number of aryl methyl sites for hydroxylation is 1. The molecule has 4 aromatic rings. The molecule has 4 rings (SSSR count). The molecule has 0 bridgehead atoms. The van der Waals surface area contributed by atoms with Gasteiger partial charge in [-0.05, 0) is 32.0 Å². The average molecular weight is 446 g/mol. The molecule has 0 atom stereocenters. The molecule has 9 nitrogen and oxygen atoms in total. The van der Waals surface area contributed by atoms with Crippen LogP contribution in [0.4, 0.5) is 5.82 Å². The van der Waals surface area contributed by atoms with Crippen molar-refractivity contribution in [3.63, 3.8) is 0 Å². The first-order valence-electron chi connectivity index (χ1n) is 8.91. The Bertz CT molecular complexity index is 1240. The minimum atomic E-state index is -0.523. The number of fused-ring (bicyclic) bond motifs is 1. The molecule has 0 saturated heterocycles. The van der Waals surface area contributed by atoms with Gasteiger partial charge in [-0.15, -0.1) is 10.2 Å². The summed E-state index contributed by atoms with van der Waals surface area (Å²) in [5.41, 5.74) is 7.27. The summed E-state index contributed by atoms with van der Waals surface area (Å²) in [4.78, 5) is 20.8. The van der Waals surface area contributed by atoms with Gasteiger partial charge in [-0.1, -0.05) is 29.4 Å². The van der Waals surface area contributed by atoms with E-state index >= 15 is 0 Å². The number of nitrogens with two attached hydrogens (primary N) is 1. The second-order valence-electron chi connectivity index (χ2n) is 6.13. The second-order valence-corrected chi connectivity index (χ2v) is 7.49. The molecule has 3 heterocycles. The molecule has 0 fully saturated rings. The van der Waals surface area contributed by atoms with E-state index in [1.807, 2.05) is 6.07 Å². The van der Waals surface area contributed by atoms with E-state index < -0.39 is 5.97 Å². The van der Waals surface area contributed by atoms with Crippen molar-refractivity contribution < 1.29 is 18.4 Å². The number of carbonyl (C=O) groups is 1. The fourth-order valence-electron chi connectivity index (χ4n) is 2.83. The standard InChI is InChI=1S/C19H16ClN5O4S/c1-3-27-18(26)13-9(2)28-17-14(13)15(21)22-12(23-17)8-30-19-25-24-16(29-19)10-5-4-6-11(20)7-10/h4-7H,3,8H2,1-2H3,(H2,21,22,23). The maximum absolute atomic E-state index is 12.2. The molecule has 30 heavy (non-hydrogen) atoms. The summed E-state index contributed by atoms with van der Waals surface area (Å²) in [6, 6.07) is 7.13. The molecule has 0 aliphatic carbocycles. The van der Waals surface area contributed by atoms with Gasteiger partial charge in [0, 0.05) is 10.6 Å². The third kappa shape index (κ3) is 3.96. The first-order chi connectivity index (χ1) is 14.5. The molecule has 3 aromatic heterocycles. The minimum absolute atomic E-state index is 0.139. The number of rotatable bonds is 6. The Labute approximate surface area is 180 Å². The molecule has 0 aliphatic rings. The van der Waals surface area contributed by atoms with E-state index in [2.05, 4.69) is 20.2 Å². The van der Waals surface area contributed by atoms with E-state index in [1.165, 1.54) is 11.8 Å². The number of furan rings is 1. The van der Waals surface area contributed by atoms with Crippen LogP contribution in [0.25, 0.3) is 22.6 Å². The van der Waals surface area contributed by atoms with E-state index in [4.69, 9.17) is 30.9 Å². The zero-order valence-electron chi connectivity index (χ0n) is 16.0. The summed E-state index contributed by atoms with van der Waals surface area (Å²) in [5, 5.41) is 9.31. The predicted octanol–water partition coefficient (Wildman–Crippen LogP) is 4.29. The highest BCUT2D eigenvalue weighted by Gasteiger charge is 2.24. The fourth-order valence-corrected chi connectivity index (χ4v) is 3.64. The molecule has 0 radical (unpaired) electrons. The van der Waals surface area contributed by atoms with Gasteiger partial charge >= 0.3 is 5.97 Å². The van der Waals surface area contributed by atoms with Crippen molar-refractivity contribution in [1.29, 1.82) is 0 Å². The van der Waals surface area contributed by atoms with E-state index in [0.717, 1.165) is 5.56 Å². The van der Waals surface area contributed by atoms with Crippen molar-refractivity contribution in [3.05, 3.63) is 46.4 Å². The summed E-state index contributed by atoms with van der Waals surface area (Å²) in [5.74, 6) is 1.06. The van der Waals surface area contributed by atoms with Crippen LogP contribution in [0, 0.1) is 6.92 Å². The molecular formula is C19H16ClN5O4S. The number of halogens is 1. The SMILES string of the molecule is CCOC(=O)c1c(C)oc2nc(CSc3nnc(-c4cccc(Cl)c4)o3)nc(N)c12. The van der Waals surface area contributed by atoms with Crippen molar-refractivity contribution in [2.24, 2.45) is 0 Å². The monoisotopic (exact) mass is 445 g/mol. The highest BCUT2D eigenvalue weighted by Crippen LogP contribution is 2.31. The first kappa shape index (κ1) is 20.2. The van der Waals surface area contributed by atoms with Crippen LogP contribution in [0.3, 0.4) is 0 Å². The Morgan fingerprint density at radius 2 is 2.10 bits per heavy atom. The number of aromatic nitrogens is 4. The molecule has 0 aliphatic heterocycles. The van der Waals surface area contributed by atoms with Crippen LogP contribution in [0.5, 0.6) is 0 Å². The van der Waals surface area contributed by atoms with Crippen molar-refractivity contribution in [1.82, 2.24) is 20.2 Å². The Balaban J connectivity index is 1.55. The van der Waals surface area contributed by atoms with Crippen LogP contribution < -0.4 is 5.73 Å². The van der Waals surface area contributed by atoms with Crippen LogP contribution in [-0.4, -0.2) is 32.7 Å². The summed E-state index contributed by atoms with van der Waals surface area (Å²) in [6.07, 6.45) is 0. The van der Waals surface area contributed by atoms with Gasteiger partial charge in [0.2, 0.25) is 11.6 Å². The van der Waals surface area contributed by atoms with E-state index in [9.17, 15) is 4.79 Å². The lowest BCUT2D eigenvalue weighted by atomic mass is 10.2. The largest absolute Gasteiger partial charge is 0.462 e. The zero-order chi connectivity index (χ0) is 21.3. The number of nitrogen functional groups attached to an aromatic ring is 1. The molecule has 11 heteroatoms. The Kier molecular flexibility index (Phi) is 5.60. The van der Waals surface area contributed by atoms with Gasteiger partial charge < -0.3 is 19.3 Å². The summed E-state index contributed by atoms with van der Waals surface area (Å²) in [7, 11) is 0. The highest BCUT2D eigenvalue weighted by molar-refractivity contribution is 7.98. The van der Waals surface area contributed by atoms with Gasteiger partial charge in [0.15, 0.2) is 0 Å². The lowest BCUT2D eigenvalue weighted by molar-refractivity contribution is 0.0526. The number of hydrogen-bond acceptors (Lipinski definition) is 10. The molecule has 0 saturated carbocycles. The Morgan fingerprint density at radius 3 is 2.87 bits per heavy atom. The summed E-state index contributed by atoms with van der Waals surface area (Å²) >= 11 is 7.24. The number of esters is 1. The topological polar surface area (TPSA) is 130 Å². The predicted molar refractivity (Wildman–Crippen MR) is 111 cm³/mol. The lowest BCUT2D eigenvalue weighted by Gasteiger charge is -2.03. The smallest absolute Gasteiger partial charge is 0.342 e. The maximum Gasteiger partial charge on any atom is 0.342 e. The third-order valence-corrected chi connectivity index (χ3v) is 5.13. The van der Waals surface area contributed by atoms with Gasteiger partial charge in [0.1, 0.15) is 23.0 Å². The van der Waals surface area contributed by atoms with Crippen molar-refractivity contribution in [3.8, 4) is 11.5 Å².